The van der Waals surface area contributed by atoms with Crippen LogP contribution in [0.3, 0.4) is 0 Å². The molecule has 0 saturated heterocycles. The molecule has 3 nitrogen and oxygen atoms in total. The maximum absolute atomic E-state index is 10.1. The highest BCUT2D eigenvalue weighted by Crippen LogP contribution is 2.28. The third-order valence-corrected chi connectivity index (χ3v) is 4.27. The van der Waals surface area contributed by atoms with E-state index in [1.54, 1.807) is 0 Å². The van der Waals surface area contributed by atoms with Gasteiger partial charge in [-0.15, -0.1) is 0 Å². The minimum absolute atomic E-state index is 0.225. The maximum Gasteiger partial charge on any atom is 0.0650 e. The molecule has 0 aliphatic heterocycles. The monoisotopic (exact) mass is 264 g/mol. The van der Waals surface area contributed by atoms with Gasteiger partial charge in [0.1, 0.15) is 0 Å². The number of aromatic nitrogens is 2. The Balaban J connectivity index is 1.72. The predicted octanol–water partition coefficient (Wildman–Crippen LogP) is 3.73. The summed E-state index contributed by atoms with van der Waals surface area (Å²) in [5, 5.41) is 14.6. The summed E-state index contributed by atoms with van der Waals surface area (Å²) in [4.78, 5) is 0. The lowest BCUT2D eigenvalue weighted by Gasteiger charge is -2.22. The molecule has 1 aromatic rings. The summed E-state index contributed by atoms with van der Waals surface area (Å²) in [5.74, 6) is 0.858. The van der Waals surface area contributed by atoms with Crippen LogP contribution in [0.15, 0.2) is 12.3 Å². The van der Waals surface area contributed by atoms with Crippen molar-refractivity contribution in [2.75, 3.05) is 0 Å². The highest BCUT2D eigenvalue weighted by atomic mass is 16.3. The minimum atomic E-state index is -0.225. The summed E-state index contributed by atoms with van der Waals surface area (Å²) in [6, 6.07) is 2.43. The summed E-state index contributed by atoms with van der Waals surface area (Å²) in [7, 11) is 0. The first-order valence-electron chi connectivity index (χ1n) is 7.87. The van der Waals surface area contributed by atoms with Gasteiger partial charge < -0.3 is 5.11 Å². The molecule has 1 heterocycles. The number of nitrogens with zero attached hydrogens (tertiary/aromatic N) is 2. The molecule has 1 aliphatic carbocycles. The SMILES string of the molecule is CC(C)n1ccc(CC(O)CCC2CCCCC2)n1. The Kier molecular flexibility index (Phi) is 5.44. The van der Waals surface area contributed by atoms with Crippen molar-refractivity contribution in [1.82, 2.24) is 9.78 Å². The molecule has 0 spiro atoms. The topological polar surface area (TPSA) is 38.0 Å². The third-order valence-electron chi connectivity index (χ3n) is 4.27. The van der Waals surface area contributed by atoms with Crippen LogP contribution in [0, 0.1) is 5.92 Å². The zero-order valence-corrected chi connectivity index (χ0v) is 12.4. The van der Waals surface area contributed by atoms with Gasteiger partial charge in [0.25, 0.3) is 0 Å². The molecule has 0 bridgehead atoms. The van der Waals surface area contributed by atoms with E-state index in [2.05, 4.69) is 18.9 Å². The lowest BCUT2D eigenvalue weighted by molar-refractivity contribution is 0.148. The van der Waals surface area contributed by atoms with Crippen LogP contribution < -0.4 is 0 Å². The second-order valence-electron chi connectivity index (χ2n) is 6.32. The largest absolute Gasteiger partial charge is 0.393 e. The van der Waals surface area contributed by atoms with E-state index in [1.807, 2.05) is 16.9 Å². The molecule has 0 amide bonds. The van der Waals surface area contributed by atoms with Crippen LogP contribution in [0.25, 0.3) is 0 Å². The van der Waals surface area contributed by atoms with Gasteiger partial charge in [-0.2, -0.15) is 5.10 Å². The van der Waals surface area contributed by atoms with Crippen LogP contribution in [-0.2, 0) is 6.42 Å². The van der Waals surface area contributed by atoms with Crippen molar-refractivity contribution in [2.45, 2.75) is 77.4 Å². The summed E-state index contributed by atoms with van der Waals surface area (Å²) < 4.78 is 1.96. The van der Waals surface area contributed by atoms with Gasteiger partial charge in [0, 0.05) is 18.7 Å². The predicted molar refractivity (Wildman–Crippen MR) is 78.1 cm³/mol. The van der Waals surface area contributed by atoms with Crippen molar-refractivity contribution in [3.05, 3.63) is 18.0 Å². The van der Waals surface area contributed by atoms with Gasteiger partial charge in [-0.25, -0.2) is 0 Å². The minimum Gasteiger partial charge on any atom is -0.393 e. The highest BCUT2D eigenvalue weighted by Gasteiger charge is 2.16. The van der Waals surface area contributed by atoms with E-state index in [-0.39, 0.29) is 6.10 Å². The van der Waals surface area contributed by atoms with Gasteiger partial charge in [-0.3, -0.25) is 4.68 Å². The standard InChI is InChI=1S/C16H28N2O/c1-13(2)18-11-10-15(17-18)12-16(19)9-8-14-6-4-3-5-7-14/h10-11,13-14,16,19H,3-9,12H2,1-2H3. The Morgan fingerprint density at radius 3 is 2.68 bits per heavy atom. The van der Waals surface area contributed by atoms with Gasteiger partial charge in [0.15, 0.2) is 0 Å². The smallest absolute Gasteiger partial charge is 0.0650 e. The first-order valence-corrected chi connectivity index (χ1v) is 7.87. The molecule has 1 saturated carbocycles. The van der Waals surface area contributed by atoms with E-state index in [1.165, 1.54) is 38.5 Å². The fourth-order valence-corrected chi connectivity index (χ4v) is 3.02. The van der Waals surface area contributed by atoms with Crippen molar-refractivity contribution in [3.63, 3.8) is 0 Å². The van der Waals surface area contributed by atoms with E-state index in [9.17, 15) is 5.11 Å². The molecule has 2 rings (SSSR count). The summed E-state index contributed by atoms with van der Waals surface area (Å²) in [5.41, 5.74) is 1.02. The van der Waals surface area contributed by atoms with Gasteiger partial charge in [0.05, 0.1) is 11.8 Å². The van der Waals surface area contributed by atoms with E-state index < -0.39 is 0 Å². The van der Waals surface area contributed by atoms with Crippen LogP contribution in [0.2, 0.25) is 0 Å². The molecule has 1 aromatic heterocycles. The maximum atomic E-state index is 10.1. The summed E-state index contributed by atoms with van der Waals surface area (Å²) in [6.07, 6.45) is 11.5. The van der Waals surface area contributed by atoms with Crippen molar-refractivity contribution in [3.8, 4) is 0 Å². The van der Waals surface area contributed by atoms with Crippen LogP contribution >= 0.6 is 0 Å². The Morgan fingerprint density at radius 2 is 2.05 bits per heavy atom. The van der Waals surface area contributed by atoms with E-state index >= 15 is 0 Å². The Hall–Kier alpha value is -0.830. The third kappa shape index (κ3) is 4.64. The Bertz CT molecular complexity index is 367. The fraction of sp³-hybridized carbons (Fsp3) is 0.812. The van der Waals surface area contributed by atoms with Crippen molar-refractivity contribution >= 4 is 0 Å². The second-order valence-corrected chi connectivity index (χ2v) is 6.32. The van der Waals surface area contributed by atoms with Crippen molar-refractivity contribution in [2.24, 2.45) is 5.92 Å². The normalized spacial score (nSPS) is 18.9. The molecular formula is C16H28N2O. The van der Waals surface area contributed by atoms with E-state index in [4.69, 9.17) is 0 Å². The number of hydrogen-bond donors (Lipinski definition) is 1. The number of hydrogen-bond acceptors (Lipinski definition) is 2. The van der Waals surface area contributed by atoms with Crippen LogP contribution in [0.5, 0.6) is 0 Å². The zero-order valence-electron chi connectivity index (χ0n) is 12.4. The fourth-order valence-electron chi connectivity index (χ4n) is 3.02. The molecule has 1 unspecified atom stereocenters. The van der Waals surface area contributed by atoms with Crippen LogP contribution in [0.4, 0.5) is 0 Å². The molecule has 1 fully saturated rings. The number of aliphatic hydroxyl groups is 1. The lowest BCUT2D eigenvalue weighted by Crippen LogP contribution is -2.15. The quantitative estimate of drug-likeness (QED) is 0.850. The van der Waals surface area contributed by atoms with Gasteiger partial charge >= 0.3 is 0 Å². The highest BCUT2D eigenvalue weighted by molar-refractivity contribution is 5.01. The Morgan fingerprint density at radius 1 is 1.32 bits per heavy atom. The number of rotatable bonds is 6. The molecular weight excluding hydrogens is 236 g/mol. The Labute approximate surface area is 117 Å². The van der Waals surface area contributed by atoms with Crippen molar-refractivity contribution in [1.29, 1.82) is 0 Å². The zero-order chi connectivity index (χ0) is 13.7. The molecule has 0 aromatic carbocycles. The molecule has 0 radical (unpaired) electrons. The van der Waals surface area contributed by atoms with E-state index in [0.29, 0.717) is 12.5 Å². The van der Waals surface area contributed by atoms with Crippen molar-refractivity contribution < 1.29 is 5.11 Å². The average molecular weight is 264 g/mol. The molecule has 1 N–H and O–H groups in total. The van der Waals surface area contributed by atoms with Crippen LogP contribution in [-0.4, -0.2) is 21.0 Å². The summed E-state index contributed by atoms with van der Waals surface area (Å²) in [6.45, 7) is 4.24. The summed E-state index contributed by atoms with van der Waals surface area (Å²) >= 11 is 0. The van der Waals surface area contributed by atoms with Gasteiger partial charge in [0.2, 0.25) is 0 Å². The lowest BCUT2D eigenvalue weighted by atomic mass is 9.85. The molecule has 19 heavy (non-hydrogen) atoms. The van der Waals surface area contributed by atoms with E-state index in [0.717, 1.165) is 18.0 Å². The first-order chi connectivity index (χ1) is 9.15. The first kappa shape index (κ1) is 14.6. The molecule has 108 valence electrons. The van der Waals surface area contributed by atoms with Crippen LogP contribution in [0.1, 0.15) is 70.5 Å². The average Bonchev–Trinajstić information content (AvgIpc) is 2.86. The molecule has 1 aliphatic rings. The van der Waals surface area contributed by atoms with Gasteiger partial charge in [-0.1, -0.05) is 32.1 Å². The van der Waals surface area contributed by atoms with Gasteiger partial charge in [-0.05, 0) is 38.7 Å². The number of aliphatic hydroxyl groups excluding tert-OH is 1. The molecule has 1 atom stereocenters. The second kappa shape index (κ2) is 7.09. The molecule has 3 heteroatoms.